The molecule has 2 aromatic carbocycles. The maximum atomic E-state index is 12.1. The molecule has 0 spiro atoms. The number of aliphatic imine (C=N–C) groups is 1. The van der Waals surface area contributed by atoms with Crippen molar-refractivity contribution in [1.82, 2.24) is 5.32 Å². The molecule has 2 aliphatic rings. The lowest BCUT2D eigenvalue weighted by Gasteiger charge is -1.99. The summed E-state index contributed by atoms with van der Waals surface area (Å²) in [6.07, 6.45) is 1.61. The average Bonchev–Trinajstić information content (AvgIpc) is 3.21. The molecule has 1 amide bonds. The van der Waals surface area contributed by atoms with E-state index in [2.05, 4.69) is 10.3 Å². The summed E-state index contributed by atoms with van der Waals surface area (Å²) >= 11 is 0. The summed E-state index contributed by atoms with van der Waals surface area (Å²) in [4.78, 5) is 26.8. The number of hydrogen-bond donors (Lipinski definition) is 1. The van der Waals surface area contributed by atoms with Crippen LogP contribution in [0.15, 0.2) is 53.2 Å². The van der Waals surface area contributed by atoms with Crippen molar-refractivity contribution in [2.75, 3.05) is 6.79 Å². The smallest absolute Gasteiger partial charge is 0.275 e. The van der Waals surface area contributed by atoms with Crippen molar-refractivity contribution in [3.05, 3.63) is 69.4 Å². The van der Waals surface area contributed by atoms with Crippen LogP contribution in [-0.4, -0.2) is 23.5 Å². The first-order valence-corrected chi connectivity index (χ1v) is 7.36. The predicted octanol–water partition coefficient (Wildman–Crippen LogP) is 2.24. The van der Waals surface area contributed by atoms with Crippen molar-refractivity contribution in [3.63, 3.8) is 0 Å². The second-order valence-electron chi connectivity index (χ2n) is 5.36. The van der Waals surface area contributed by atoms with Gasteiger partial charge >= 0.3 is 0 Å². The standard InChI is InChI=1S/C17H11N3O5/c21-17-13(6-10-4-5-14-15(7-10)25-9-24-14)18-16(19-17)11-2-1-3-12(8-11)20(22)23/h1-8H,9H2,(H,18,19,21)/b13-6-. The fourth-order valence-corrected chi connectivity index (χ4v) is 2.53. The Morgan fingerprint density at radius 1 is 1.16 bits per heavy atom. The number of hydrogen-bond acceptors (Lipinski definition) is 6. The Morgan fingerprint density at radius 3 is 2.84 bits per heavy atom. The number of nitro groups is 1. The minimum Gasteiger partial charge on any atom is -0.454 e. The van der Waals surface area contributed by atoms with Gasteiger partial charge in [0.2, 0.25) is 6.79 Å². The lowest BCUT2D eigenvalue weighted by atomic mass is 10.1. The molecule has 0 bridgehead atoms. The monoisotopic (exact) mass is 337 g/mol. The average molecular weight is 337 g/mol. The summed E-state index contributed by atoms with van der Waals surface area (Å²) in [5.41, 5.74) is 1.35. The molecule has 0 radical (unpaired) electrons. The highest BCUT2D eigenvalue weighted by Gasteiger charge is 2.22. The van der Waals surface area contributed by atoms with Crippen LogP contribution in [0.5, 0.6) is 11.5 Å². The van der Waals surface area contributed by atoms with Crippen LogP contribution in [0.25, 0.3) is 6.08 Å². The Hall–Kier alpha value is -3.68. The quantitative estimate of drug-likeness (QED) is 0.525. The fraction of sp³-hybridized carbons (Fsp3) is 0.0588. The minimum absolute atomic E-state index is 0.0670. The Kier molecular flexibility index (Phi) is 3.42. The van der Waals surface area contributed by atoms with E-state index in [9.17, 15) is 14.9 Å². The number of carbonyl (C=O) groups is 1. The third kappa shape index (κ3) is 2.80. The number of carbonyl (C=O) groups excluding carboxylic acids is 1. The highest BCUT2D eigenvalue weighted by atomic mass is 16.7. The Morgan fingerprint density at radius 2 is 2.00 bits per heavy atom. The number of non-ortho nitro benzene ring substituents is 1. The Bertz CT molecular complexity index is 965. The molecule has 0 atom stereocenters. The first-order chi connectivity index (χ1) is 12.1. The van der Waals surface area contributed by atoms with E-state index >= 15 is 0 Å². The van der Waals surface area contributed by atoms with Crippen molar-refractivity contribution in [1.29, 1.82) is 0 Å². The van der Waals surface area contributed by atoms with Crippen LogP contribution in [0.3, 0.4) is 0 Å². The molecule has 25 heavy (non-hydrogen) atoms. The van der Waals surface area contributed by atoms with Gasteiger partial charge in [0.25, 0.3) is 11.6 Å². The van der Waals surface area contributed by atoms with Crippen LogP contribution >= 0.6 is 0 Å². The molecule has 8 heteroatoms. The van der Waals surface area contributed by atoms with E-state index in [1.807, 2.05) is 0 Å². The van der Waals surface area contributed by atoms with Gasteiger partial charge in [-0.05, 0) is 23.8 Å². The zero-order valence-electron chi connectivity index (χ0n) is 12.8. The van der Waals surface area contributed by atoms with E-state index in [1.165, 1.54) is 12.1 Å². The molecule has 4 rings (SSSR count). The van der Waals surface area contributed by atoms with Gasteiger partial charge in [-0.3, -0.25) is 14.9 Å². The van der Waals surface area contributed by atoms with Crippen LogP contribution < -0.4 is 14.8 Å². The number of nitrogens with one attached hydrogen (secondary N) is 1. The number of nitro benzene ring substituents is 1. The first-order valence-electron chi connectivity index (χ1n) is 7.36. The Labute approximate surface area is 141 Å². The van der Waals surface area contributed by atoms with Crippen LogP contribution in [-0.2, 0) is 4.79 Å². The number of amidine groups is 1. The van der Waals surface area contributed by atoms with Gasteiger partial charge in [-0.2, -0.15) is 0 Å². The molecular weight excluding hydrogens is 326 g/mol. The van der Waals surface area contributed by atoms with E-state index in [0.717, 1.165) is 5.56 Å². The van der Waals surface area contributed by atoms with Gasteiger partial charge in [-0.1, -0.05) is 18.2 Å². The van der Waals surface area contributed by atoms with E-state index in [-0.39, 0.29) is 29.9 Å². The van der Waals surface area contributed by atoms with Crippen molar-refractivity contribution in [2.45, 2.75) is 0 Å². The second kappa shape index (κ2) is 5.75. The highest BCUT2D eigenvalue weighted by molar-refractivity contribution is 6.19. The molecule has 8 nitrogen and oxygen atoms in total. The summed E-state index contributed by atoms with van der Waals surface area (Å²) in [5.74, 6) is 1.16. The van der Waals surface area contributed by atoms with E-state index in [1.54, 1.807) is 36.4 Å². The van der Waals surface area contributed by atoms with Crippen molar-refractivity contribution in [3.8, 4) is 11.5 Å². The topological polar surface area (TPSA) is 103 Å². The van der Waals surface area contributed by atoms with E-state index < -0.39 is 4.92 Å². The van der Waals surface area contributed by atoms with Crippen LogP contribution in [0.4, 0.5) is 5.69 Å². The van der Waals surface area contributed by atoms with Gasteiger partial charge in [-0.25, -0.2) is 4.99 Å². The minimum atomic E-state index is -0.496. The van der Waals surface area contributed by atoms with E-state index in [0.29, 0.717) is 17.1 Å². The lowest BCUT2D eigenvalue weighted by Crippen LogP contribution is -2.24. The summed E-state index contributed by atoms with van der Waals surface area (Å²) in [6.45, 7) is 0.172. The molecule has 0 unspecified atom stereocenters. The zero-order chi connectivity index (χ0) is 17.4. The maximum absolute atomic E-state index is 12.1. The molecule has 0 saturated carbocycles. The maximum Gasteiger partial charge on any atom is 0.275 e. The SMILES string of the molecule is O=C1NC(c2cccc([N+](=O)[O-])c2)=N/C1=C\c1ccc2c(c1)OCO2. The molecule has 2 aromatic rings. The fourth-order valence-electron chi connectivity index (χ4n) is 2.53. The first kappa shape index (κ1) is 14.9. The number of ether oxygens (including phenoxy) is 2. The normalized spacial score (nSPS) is 16.7. The predicted molar refractivity (Wildman–Crippen MR) is 88.3 cm³/mol. The zero-order valence-corrected chi connectivity index (χ0v) is 12.8. The van der Waals surface area contributed by atoms with Crippen molar-refractivity contribution < 1.29 is 19.2 Å². The third-order valence-corrected chi connectivity index (χ3v) is 3.73. The molecule has 2 heterocycles. The van der Waals surface area contributed by atoms with Crippen molar-refractivity contribution in [2.24, 2.45) is 4.99 Å². The molecule has 0 saturated heterocycles. The molecule has 0 fully saturated rings. The second-order valence-corrected chi connectivity index (χ2v) is 5.36. The number of benzene rings is 2. The number of nitrogens with zero attached hydrogens (tertiary/aromatic N) is 2. The van der Waals surface area contributed by atoms with Crippen LogP contribution in [0.2, 0.25) is 0 Å². The van der Waals surface area contributed by atoms with Gasteiger partial charge in [0.1, 0.15) is 11.5 Å². The van der Waals surface area contributed by atoms with Gasteiger partial charge in [0.05, 0.1) is 4.92 Å². The lowest BCUT2D eigenvalue weighted by molar-refractivity contribution is -0.384. The summed E-state index contributed by atoms with van der Waals surface area (Å²) < 4.78 is 10.5. The molecule has 2 aliphatic heterocycles. The number of rotatable bonds is 3. The Balaban J connectivity index is 1.66. The van der Waals surface area contributed by atoms with Gasteiger partial charge < -0.3 is 14.8 Å². The highest BCUT2D eigenvalue weighted by Crippen LogP contribution is 2.33. The van der Waals surface area contributed by atoms with E-state index in [4.69, 9.17) is 9.47 Å². The van der Waals surface area contributed by atoms with Gasteiger partial charge in [0, 0.05) is 17.7 Å². The summed E-state index contributed by atoms with van der Waals surface area (Å²) in [6, 6.07) is 11.2. The molecule has 0 aliphatic carbocycles. The third-order valence-electron chi connectivity index (χ3n) is 3.73. The van der Waals surface area contributed by atoms with Crippen LogP contribution in [0, 0.1) is 10.1 Å². The van der Waals surface area contributed by atoms with Gasteiger partial charge in [-0.15, -0.1) is 0 Å². The molecule has 0 aromatic heterocycles. The van der Waals surface area contributed by atoms with Crippen LogP contribution in [0.1, 0.15) is 11.1 Å². The van der Waals surface area contributed by atoms with Gasteiger partial charge in [0.15, 0.2) is 11.5 Å². The molecule has 1 N–H and O–H groups in total. The number of amides is 1. The largest absolute Gasteiger partial charge is 0.454 e. The molecular formula is C17H11N3O5. The number of fused-ring (bicyclic) bond motifs is 1. The van der Waals surface area contributed by atoms with Crippen molar-refractivity contribution >= 4 is 23.5 Å². The summed E-state index contributed by atoms with van der Waals surface area (Å²) in [7, 11) is 0. The summed E-state index contributed by atoms with van der Waals surface area (Å²) in [5, 5.41) is 13.5. The molecule has 124 valence electrons.